The maximum atomic E-state index is 12.2. The lowest BCUT2D eigenvalue weighted by Gasteiger charge is -2.20. The van der Waals surface area contributed by atoms with Crippen LogP contribution in [-0.2, 0) is 0 Å². The predicted octanol–water partition coefficient (Wildman–Crippen LogP) is 3.97. The van der Waals surface area contributed by atoms with Crippen molar-refractivity contribution in [3.8, 4) is 11.8 Å². The van der Waals surface area contributed by atoms with Gasteiger partial charge < -0.3 is 15.4 Å². The molecule has 0 radical (unpaired) electrons. The zero-order valence-electron chi connectivity index (χ0n) is 15.0. The van der Waals surface area contributed by atoms with Crippen LogP contribution in [0.5, 0.6) is 5.75 Å². The SMILES string of the molecule is CC(Nc1c(Nc2ccc(C#N)cc2)c(=O)c1=O)c1ccc(OC(F)(F)F)cc1. The van der Waals surface area contributed by atoms with Crippen molar-refractivity contribution in [3.05, 3.63) is 80.1 Å². The first-order chi connectivity index (χ1) is 13.7. The molecule has 0 aromatic heterocycles. The fourth-order valence-electron chi connectivity index (χ4n) is 2.68. The minimum Gasteiger partial charge on any atom is -0.406 e. The normalized spacial score (nSPS) is 12.2. The van der Waals surface area contributed by atoms with Crippen molar-refractivity contribution in [2.24, 2.45) is 0 Å². The molecule has 0 bridgehead atoms. The Morgan fingerprint density at radius 1 is 0.966 bits per heavy atom. The van der Waals surface area contributed by atoms with Crippen LogP contribution in [0.15, 0.2) is 58.1 Å². The third-order valence-corrected chi connectivity index (χ3v) is 4.17. The number of hydrogen-bond acceptors (Lipinski definition) is 6. The lowest BCUT2D eigenvalue weighted by atomic mass is 10.1. The Morgan fingerprint density at radius 3 is 2.10 bits per heavy atom. The van der Waals surface area contributed by atoms with E-state index in [0.717, 1.165) is 0 Å². The number of hydrogen-bond donors (Lipinski definition) is 2. The van der Waals surface area contributed by atoms with Crippen LogP contribution in [0.4, 0.5) is 30.2 Å². The summed E-state index contributed by atoms with van der Waals surface area (Å²) >= 11 is 0. The van der Waals surface area contributed by atoms with E-state index in [9.17, 15) is 22.8 Å². The van der Waals surface area contributed by atoms with Gasteiger partial charge in [0, 0.05) is 11.7 Å². The van der Waals surface area contributed by atoms with Crippen LogP contribution in [0.2, 0.25) is 0 Å². The van der Waals surface area contributed by atoms with Crippen molar-refractivity contribution in [2.75, 3.05) is 10.6 Å². The quantitative estimate of drug-likeness (QED) is 0.608. The lowest BCUT2D eigenvalue weighted by Crippen LogP contribution is -2.37. The topological polar surface area (TPSA) is 91.2 Å². The molecular formula is C20H14F3N3O3. The molecule has 0 aliphatic rings. The second-order valence-electron chi connectivity index (χ2n) is 6.21. The first-order valence-electron chi connectivity index (χ1n) is 8.40. The van der Waals surface area contributed by atoms with Gasteiger partial charge in [0.1, 0.15) is 17.1 Å². The number of nitrogens with one attached hydrogen (secondary N) is 2. The average Bonchev–Trinajstić information content (AvgIpc) is 2.70. The van der Waals surface area contributed by atoms with Crippen molar-refractivity contribution in [3.63, 3.8) is 0 Å². The van der Waals surface area contributed by atoms with E-state index in [-0.39, 0.29) is 17.1 Å². The maximum absolute atomic E-state index is 12.2. The zero-order chi connectivity index (χ0) is 21.2. The molecule has 3 aromatic rings. The van der Waals surface area contributed by atoms with Gasteiger partial charge in [0.05, 0.1) is 11.6 Å². The highest BCUT2D eigenvalue weighted by molar-refractivity contribution is 5.79. The molecule has 0 saturated carbocycles. The van der Waals surface area contributed by atoms with Crippen LogP contribution >= 0.6 is 0 Å². The molecule has 1 atom stereocenters. The van der Waals surface area contributed by atoms with Gasteiger partial charge in [-0.05, 0) is 48.9 Å². The van der Waals surface area contributed by atoms with Crippen molar-refractivity contribution >= 4 is 17.1 Å². The van der Waals surface area contributed by atoms with Gasteiger partial charge in [0.2, 0.25) is 0 Å². The van der Waals surface area contributed by atoms with Crippen LogP contribution in [0, 0.1) is 11.3 Å². The number of ether oxygens (including phenoxy) is 1. The molecule has 0 spiro atoms. The van der Waals surface area contributed by atoms with Crippen molar-refractivity contribution in [1.29, 1.82) is 5.26 Å². The Labute approximate surface area is 162 Å². The zero-order valence-corrected chi connectivity index (χ0v) is 15.0. The number of benzene rings is 2. The number of rotatable bonds is 6. The summed E-state index contributed by atoms with van der Waals surface area (Å²) in [6.45, 7) is 1.70. The number of alkyl halides is 3. The number of anilines is 3. The molecule has 0 aliphatic carbocycles. The minimum atomic E-state index is -4.78. The van der Waals surface area contributed by atoms with E-state index >= 15 is 0 Å². The van der Waals surface area contributed by atoms with Crippen LogP contribution in [0.25, 0.3) is 0 Å². The number of nitrogens with zero attached hydrogens (tertiary/aromatic N) is 1. The Morgan fingerprint density at radius 2 is 1.55 bits per heavy atom. The molecule has 2 N–H and O–H groups in total. The largest absolute Gasteiger partial charge is 0.573 e. The van der Waals surface area contributed by atoms with Gasteiger partial charge in [-0.3, -0.25) is 9.59 Å². The molecule has 0 heterocycles. The fraction of sp³-hybridized carbons (Fsp3) is 0.150. The summed E-state index contributed by atoms with van der Waals surface area (Å²) < 4.78 is 40.5. The summed E-state index contributed by atoms with van der Waals surface area (Å²) in [6.07, 6.45) is -4.78. The summed E-state index contributed by atoms with van der Waals surface area (Å²) in [6, 6.07) is 13.0. The lowest BCUT2D eigenvalue weighted by molar-refractivity contribution is -0.274. The Hall–Kier alpha value is -3.80. The molecule has 148 valence electrons. The highest BCUT2D eigenvalue weighted by atomic mass is 19.4. The standard InChI is InChI=1S/C20H14F3N3O3/c1-11(13-4-8-15(9-5-13)29-20(21,22)23)25-16-17(19(28)18(16)27)26-14-6-2-12(10-24)3-7-14/h2-9,11,25-26H,1H3. The van der Waals surface area contributed by atoms with Gasteiger partial charge in [0.25, 0.3) is 10.9 Å². The number of halogens is 3. The van der Waals surface area contributed by atoms with E-state index in [2.05, 4.69) is 15.4 Å². The summed E-state index contributed by atoms with van der Waals surface area (Å²) in [5.74, 6) is -0.356. The van der Waals surface area contributed by atoms with Gasteiger partial charge in [-0.1, -0.05) is 12.1 Å². The smallest absolute Gasteiger partial charge is 0.406 e. The van der Waals surface area contributed by atoms with E-state index in [1.165, 1.54) is 24.3 Å². The molecule has 3 aromatic carbocycles. The van der Waals surface area contributed by atoms with Gasteiger partial charge in [-0.2, -0.15) is 5.26 Å². The summed E-state index contributed by atoms with van der Waals surface area (Å²) in [4.78, 5) is 23.9. The number of nitriles is 1. The van der Waals surface area contributed by atoms with E-state index in [0.29, 0.717) is 16.8 Å². The Bertz CT molecular complexity index is 1120. The molecule has 9 heteroatoms. The predicted molar refractivity (Wildman–Crippen MR) is 101 cm³/mol. The Balaban J connectivity index is 1.73. The second-order valence-corrected chi connectivity index (χ2v) is 6.21. The Kier molecular flexibility index (Phi) is 5.28. The molecule has 3 rings (SSSR count). The van der Waals surface area contributed by atoms with E-state index < -0.39 is 23.3 Å². The molecule has 29 heavy (non-hydrogen) atoms. The van der Waals surface area contributed by atoms with Crippen LogP contribution in [0.1, 0.15) is 24.1 Å². The van der Waals surface area contributed by atoms with Crippen LogP contribution in [0.3, 0.4) is 0 Å². The van der Waals surface area contributed by atoms with Gasteiger partial charge in [-0.25, -0.2) is 0 Å². The third kappa shape index (κ3) is 4.55. The van der Waals surface area contributed by atoms with E-state index in [4.69, 9.17) is 5.26 Å². The highest BCUT2D eigenvalue weighted by Gasteiger charge is 2.31. The first kappa shape index (κ1) is 19.9. The molecule has 0 saturated heterocycles. The first-order valence-corrected chi connectivity index (χ1v) is 8.40. The summed E-state index contributed by atoms with van der Waals surface area (Å²) in [7, 11) is 0. The molecule has 0 aliphatic heterocycles. The average molecular weight is 401 g/mol. The molecule has 0 amide bonds. The van der Waals surface area contributed by atoms with Crippen molar-refractivity contribution in [2.45, 2.75) is 19.3 Å². The second kappa shape index (κ2) is 7.67. The molecule has 6 nitrogen and oxygen atoms in total. The maximum Gasteiger partial charge on any atom is 0.573 e. The van der Waals surface area contributed by atoms with Crippen LogP contribution < -0.4 is 26.2 Å². The minimum absolute atomic E-state index is 0.0856. The fourth-order valence-corrected chi connectivity index (χ4v) is 2.68. The van der Waals surface area contributed by atoms with Crippen molar-refractivity contribution in [1.82, 2.24) is 0 Å². The van der Waals surface area contributed by atoms with E-state index in [1.807, 2.05) is 6.07 Å². The molecule has 1 unspecified atom stereocenters. The summed E-state index contributed by atoms with van der Waals surface area (Å²) in [5, 5.41) is 14.6. The van der Waals surface area contributed by atoms with Gasteiger partial charge >= 0.3 is 6.36 Å². The van der Waals surface area contributed by atoms with Gasteiger partial charge in [0.15, 0.2) is 0 Å². The summed E-state index contributed by atoms with van der Waals surface area (Å²) in [5.41, 5.74) is 0.372. The van der Waals surface area contributed by atoms with Crippen molar-refractivity contribution < 1.29 is 17.9 Å². The van der Waals surface area contributed by atoms with Gasteiger partial charge in [-0.15, -0.1) is 13.2 Å². The highest BCUT2D eigenvalue weighted by Crippen LogP contribution is 2.28. The van der Waals surface area contributed by atoms with Crippen LogP contribution in [-0.4, -0.2) is 6.36 Å². The van der Waals surface area contributed by atoms with E-state index in [1.54, 1.807) is 31.2 Å². The molecule has 0 fully saturated rings. The third-order valence-electron chi connectivity index (χ3n) is 4.17. The molecular weight excluding hydrogens is 387 g/mol. The monoisotopic (exact) mass is 401 g/mol.